The maximum atomic E-state index is 13.7. The monoisotopic (exact) mass is 493 g/mol. The minimum absolute atomic E-state index is 0.0776. The van der Waals surface area contributed by atoms with E-state index >= 15 is 0 Å². The van der Waals surface area contributed by atoms with Crippen molar-refractivity contribution < 1.29 is 17.9 Å². The number of amides is 1. The van der Waals surface area contributed by atoms with Crippen LogP contribution in [0, 0.1) is 6.92 Å². The second kappa shape index (κ2) is 9.42. The van der Waals surface area contributed by atoms with Crippen LogP contribution >= 0.6 is 0 Å². The van der Waals surface area contributed by atoms with Crippen molar-refractivity contribution in [1.82, 2.24) is 9.13 Å². The van der Waals surface area contributed by atoms with Gasteiger partial charge in [0, 0.05) is 18.7 Å². The summed E-state index contributed by atoms with van der Waals surface area (Å²) in [6.07, 6.45) is 0. The molecule has 1 heterocycles. The summed E-state index contributed by atoms with van der Waals surface area (Å²) >= 11 is 0. The summed E-state index contributed by atoms with van der Waals surface area (Å²) in [5.41, 5.74) is 2.17. The first-order chi connectivity index (χ1) is 16.7. The number of hydrogen-bond donors (Lipinski definition) is 1. The highest BCUT2D eigenvalue weighted by molar-refractivity contribution is 7.91. The standard InChI is InChI=1S/C26H27N3O5S/c1-5-28-22-15-21(27-25(30)18-9-11-19(34-4)12-10-18)24(16-23(22)29(6-2)26(28)31)35(32,33)20-13-7-17(3)8-14-20/h7-16H,5-6H2,1-4H3,(H,27,30). The number of nitrogens with one attached hydrogen (secondary N) is 1. The number of benzene rings is 3. The van der Waals surface area contributed by atoms with Gasteiger partial charge in [-0.2, -0.15) is 0 Å². The van der Waals surface area contributed by atoms with E-state index in [-0.39, 0.29) is 21.2 Å². The molecule has 35 heavy (non-hydrogen) atoms. The summed E-state index contributed by atoms with van der Waals surface area (Å²) in [5.74, 6) is 0.117. The Morgan fingerprint density at radius 3 is 2.03 bits per heavy atom. The molecule has 0 aliphatic carbocycles. The van der Waals surface area contributed by atoms with Crippen LogP contribution in [-0.2, 0) is 22.9 Å². The molecule has 4 rings (SSSR count). The molecule has 0 aliphatic rings. The number of anilines is 1. The molecule has 0 aliphatic heterocycles. The Morgan fingerprint density at radius 1 is 0.914 bits per heavy atom. The number of aromatic nitrogens is 2. The van der Waals surface area contributed by atoms with E-state index in [1.54, 1.807) is 47.0 Å². The van der Waals surface area contributed by atoms with E-state index in [2.05, 4.69) is 5.32 Å². The number of imidazole rings is 1. The molecule has 9 heteroatoms. The molecule has 0 radical (unpaired) electrons. The van der Waals surface area contributed by atoms with Crippen molar-refractivity contribution in [2.24, 2.45) is 0 Å². The molecule has 0 saturated heterocycles. The lowest BCUT2D eigenvalue weighted by Crippen LogP contribution is -2.23. The number of ether oxygens (including phenoxy) is 1. The lowest BCUT2D eigenvalue weighted by Gasteiger charge is -2.14. The fourth-order valence-corrected chi connectivity index (χ4v) is 5.47. The predicted molar refractivity (Wildman–Crippen MR) is 135 cm³/mol. The zero-order valence-electron chi connectivity index (χ0n) is 20.0. The quantitative estimate of drug-likeness (QED) is 0.415. The predicted octanol–water partition coefficient (Wildman–Crippen LogP) is 4.24. The van der Waals surface area contributed by atoms with Gasteiger partial charge in [-0.1, -0.05) is 17.7 Å². The van der Waals surface area contributed by atoms with Gasteiger partial charge in [0.15, 0.2) is 0 Å². The van der Waals surface area contributed by atoms with E-state index < -0.39 is 15.7 Å². The van der Waals surface area contributed by atoms with Gasteiger partial charge in [0.1, 0.15) is 5.75 Å². The van der Waals surface area contributed by atoms with Crippen molar-refractivity contribution in [2.45, 2.75) is 43.7 Å². The molecule has 0 bridgehead atoms. The second-order valence-corrected chi connectivity index (χ2v) is 10.0. The van der Waals surface area contributed by atoms with Crippen molar-refractivity contribution in [3.05, 3.63) is 82.3 Å². The summed E-state index contributed by atoms with van der Waals surface area (Å²) < 4.78 is 35.7. The number of aryl methyl sites for hydroxylation is 3. The van der Waals surface area contributed by atoms with Gasteiger partial charge < -0.3 is 10.1 Å². The molecule has 4 aromatic rings. The van der Waals surface area contributed by atoms with Crippen molar-refractivity contribution in [3.63, 3.8) is 0 Å². The maximum absolute atomic E-state index is 13.7. The molecule has 0 saturated carbocycles. The normalized spacial score (nSPS) is 11.5. The third-order valence-electron chi connectivity index (χ3n) is 5.97. The first-order valence-corrected chi connectivity index (χ1v) is 12.7. The van der Waals surface area contributed by atoms with E-state index in [4.69, 9.17) is 4.74 Å². The van der Waals surface area contributed by atoms with Crippen LogP contribution in [0.25, 0.3) is 11.0 Å². The highest BCUT2D eigenvalue weighted by Crippen LogP contribution is 2.32. The topological polar surface area (TPSA) is 99.4 Å². The Hall–Kier alpha value is -3.85. The molecule has 3 aromatic carbocycles. The summed E-state index contributed by atoms with van der Waals surface area (Å²) in [7, 11) is -2.48. The minimum Gasteiger partial charge on any atom is -0.497 e. The average Bonchev–Trinajstić information content (AvgIpc) is 3.12. The third-order valence-corrected chi connectivity index (χ3v) is 7.78. The molecule has 8 nitrogen and oxygen atoms in total. The molecule has 1 N–H and O–H groups in total. The second-order valence-electron chi connectivity index (χ2n) is 8.11. The van der Waals surface area contributed by atoms with E-state index in [0.717, 1.165) is 5.56 Å². The molecule has 0 fully saturated rings. The van der Waals surface area contributed by atoms with Crippen LogP contribution in [0.2, 0.25) is 0 Å². The molecule has 182 valence electrons. The zero-order valence-corrected chi connectivity index (χ0v) is 20.8. The maximum Gasteiger partial charge on any atom is 0.329 e. The van der Waals surface area contributed by atoms with Gasteiger partial charge in [-0.15, -0.1) is 0 Å². The van der Waals surface area contributed by atoms with Crippen molar-refractivity contribution >= 4 is 32.5 Å². The smallest absolute Gasteiger partial charge is 0.329 e. The number of carbonyl (C=O) groups excluding carboxylic acids is 1. The molecule has 1 aromatic heterocycles. The number of hydrogen-bond acceptors (Lipinski definition) is 5. The van der Waals surface area contributed by atoms with Gasteiger partial charge in [-0.05, 0) is 69.3 Å². The van der Waals surface area contributed by atoms with Gasteiger partial charge in [0.2, 0.25) is 9.84 Å². The molecule has 0 atom stereocenters. The Balaban J connectivity index is 1.93. The van der Waals surface area contributed by atoms with Crippen LogP contribution < -0.4 is 15.7 Å². The van der Waals surface area contributed by atoms with Gasteiger partial charge in [0.25, 0.3) is 5.91 Å². The minimum atomic E-state index is -4.01. The molecular formula is C26H27N3O5S. The number of nitrogens with zero attached hydrogens (tertiary/aromatic N) is 2. The number of sulfone groups is 1. The van der Waals surface area contributed by atoms with Gasteiger partial charge in [-0.25, -0.2) is 13.2 Å². The summed E-state index contributed by atoms with van der Waals surface area (Å²) in [5, 5.41) is 2.76. The Kier molecular flexibility index (Phi) is 6.53. The first kappa shape index (κ1) is 24.3. The van der Waals surface area contributed by atoms with Crippen LogP contribution in [0.1, 0.15) is 29.8 Å². The number of fused-ring (bicyclic) bond motifs is 1. The number of carbonyl (C=O) groups is 1. The summed E-state index contributed by atoms with van der Waals surface area (Å²) in [6.45, 7) is 6.32. The molecule has 0 spiro atoms. The van der Waals surface area contributed by atoms with Crippen LogP contribution in [0.15, 0.2) is 75.2 Å². The van der Waals surface area contributed by atoms with Crippen molar-refractivity contribution in [1.29, 1.82) is 0 Å². The van der Waals surface area contributed by atoms with Gasteiger partial charge >= 0.3 is 5.69 Å². The third kappa shape index (κ3) is 4.35. The van der Waals surface area contributed by atoms with Crippen molar-refractivity contribution in [3.8, 4) is 5.75 Å². The van der Waals surface area contributed by atoms with Gasteiger partial charge in [0.05, 0.1) is 33.6 Å². The summed E-state index contributed by atoms with van der Waals surface area (Å²) in [4.78, 5) is 26.0. The van der Waals surface area contributed by atoms with Crippen LogP contribution in [0.3, 0.4) is 0 Å². The zero-order chi connectivity index (χ0) is 25.3. The van der Waals surface area contributed by atoms with Crippen LogP contribution in [0.5, 0.6) is 5.75 Å². The Morgan fingerprint density at radius 2 is 1.49 bits per heavy atom. The molecule has 0 unspecified atom stereocenters. The SMILES string of the molecule is CCn1c(=O)n(CC)c2cc(S(=O)(=O)c3ccc(C)cc3)c(NC(=O)c3ccc(OC)cc3)cc21. The first-order valence-electron chi connectivity index (χ1n) is 11.3. The lowest BCUT2D eigenvalue weighted by molar-refractivity contribution is 0.102. The van der Waals surface area contributed by atoms with E-state index in [0.29, 0.717) is 35.4 Å². The highest BCUT2D eigenvalue weighted by atomic mass is 32.2. The molecular weight excluding hydrogens is 466 g/mol. The fraction of sp³-hybridized carbons (Fsp3) is 0.231. The van der Waals surface area contributed by atoms with E-state index in [9.17, 15) is 18.0 Å². The number of rotatable bonds is 7. The largest absolute Gasteiger partial charge is 0.497 e. The van der Waals surface area contributed by atoms with Gasteiger partial charge in [-0.3, -0.25) is 13.9 Å². The fourth-order valence-electron chi connectivity index (χ4n) is 4.05. The number of methoxy groups -OCH3 is 1. The Labute approximate surface area is 203 Å². The van der Waals surface area contributed by atoms with Crippen LogP contribution in [0.4, 0.5) is 5.69 Å². The lowest BCUT2D eigenvalue weighted by atomic mass is 10.2. The van der Waals surface area contributed by atoms with E-state index in [1.807, 2.05) is 20.8 Å². The van der Waals surface area contributed by atoms with Crippen molar-refractivity contribution in [2.75, 3.05) is 12.4 Å². The average molecular weight is 494 g/mol. The molecule has 1 amide bonds. The highest BCUT2D eigenvalue weighted by Gasteiger charge is 2.26. The van der Waals surface area contributed by atoms with E-state index in [1.165, 1.54) is 29.9 Å². The Bertz CT molecular complexity index is 1560. The van der Waals surface area contributed by atoms with Crippen LogP contribution in [-0.4, -0.2) is 30.6 Å². The summed E-state index contributed by atoms with van der Waals surface area (Å²) in [6, 6.07) is 16.0.